The summed E-state index contributed by atoms with van der Waals surface area (Å²) >= 11 is 6.33. The quantitative estimate of drug-likeness (QED) is 0.510. The SMILES string of the molecule is COc1cc(C=NNC(=O)CN2CCOCC2)cc(Cl)c1OCc1cccc(F)c1. The zero-order valence-corrected chi connectivity index (χ0v) is 17.3. The lowest BCUT2D eigenvalue weighted by Gasteiger charge is -2.25. The van der Waals surface area contributed by atoms with E-state index in [1.54, 1.807) is 24.3 Å². The Hall–Kier alpha value is -2.68. The number of halogens is 2. The van der Waals surface area contributed by atoms with Gasteiger partial charge in [-0.3, -0.25) is 9.69 Å². The number of morpholine rings is 1. The highest BCUT2D eigenvalue weighted by atomic mass is 35.5. The van der Waals surface area contributed by atoms with Crippen LogP contribution < -0.4 is 14.9 Å². The molecule has 0 aliphatic carbocycles. The van der Waals surface area contributed by atoms with Crippen LogP contribution in [0, 0.1) is 5.82 Å². The van der Waals surface area contributed by atoms with Gasteiger partial charge < -0.3 is 14.2 Å². The summed E-state index contributed by atoms with van der Waals surface area (Å²) in [4.78, 5) is 14.0. The molecule has 1 fully saturated rings. The minimum absolute atomic E-state index is 0.138. The number of rotatable bonds is 8. The average molecular weight is 436 g/mol. The van der Waals surface area contributed by atoms with E-state index >= 15 is 0 Å². The third-order valence-corrected chi connectivity index (χ3v) is 4.68. The second-order valence-electron chi connectivity index (χ2n) is 6.63. The molecular weight excluding hydrogens is 413 g/mol. The molecule has 7 nitrogen and oxygen atoms in total. The summed E-state index contributed by atoms with van der Waals surface area (Å²) in [6.07, 6.45) is 1.47. The van der Waals surface area contributed by atoms with Crippen LogP contribution in [0.15, 0.2) is 41.5 Å². The maximum atomic E-state index is 13.3. The molecular formula is C21H23ClFN3O4. The van der Waals surface area contributed by atoms with E-state index in [0.29, 0.717) is 40.9 Å². The fourth-order valence-electron chi connectivity index (χ4n) is 2.91. The number of nitrogens with zero attached hydrogens (tertiary/aromatic N) is 2. The topological polar surface area (TPSA) is 72.4 Å². The van der Waals surface area contributed by atoms with Gasteiger partial charge in [-0.15, -0.1) is 0 Å². The zero-order chi connectivity index (χ0) is 21.3. The average Bonchev–Trinajstić information content (AvgIpc) is 2.73. The summed E-state index contributed by atoms with van der Waals surface area (Å²) in [6.45, 7) is 3.10. The molecule has 0 atom stereocenters. The first-order valence-corrected chi connectivity index (χ1v) is 9.79. The Morgan fingerprint density at radius 3 is 2.87 bits per heavy atom. The molecule has 0 radical (unpaired) electrons. The number of benzene rings is 2. The molecule has 0 aromatic heterocycles. The third-order valence-electron chi connectivity index (χ3n) is 4.40. The van der Waals surface area contributed by atoms with Crippen molar-refractivity contribution in [1.29, 1.82) is 0 Å². The summed E-state index contributed by atoms with van der Waals surface area (Å²) in [5.74, 6) is 0.203. The van der Waals surface area contributed by atoms with Crippen LogP contribution in [0.2, 0.25) is 5.02 Å². The predicted molar refractivity (Wildman–Crippen MR) is 112 cm³/mol. The van der Waals surface area contributed by atoms with E-state index in [9.17, 15) is 9.18 Å². The van der Waals surface area contributed by atoms with Gasteiger partial charge in [0.25, 0.3) is 5.91 Å². The molecule has 2 aromatic rings. The van der Waals surface area contributed by atoms with Gasteiger partial charge in [-0.05, 0) is 35.4 Å². The van der Waals surface area contributed by atoms with Crippen LogP contribution in [-0.2, 0) is 16.1 Å². The molecule has 1 heterocycles. The number of hydrogen-bond donors (Lipinski definition) is 1. The highest BCUT2D eigenvalue weighted by Gasteiger charge is 2.14. The molecule has 1 aliphatic heterocycles. The van der Waals surface area contributed by atoms with Gasteiger partial charge in [0.2, 0.25) is 0 Å². The molecule has 1 amide bonds. The summed E-state index contributed by atoms with van der Waals surface area (Å²) in [5, 5.41) is 4.29. The molecule has 0 spiro atoms. The Morgan fingerprint density at radius 1 is 1.33 bits per heavy atom. The lowest BCUT2D eigenvalue weighted by Crippen LogP contribution is -2.42. The predicted octanol–water partition coefficient (Wildman–Crippen LogP) is 2.85. The van der Waals surface area contributed by atoms with Crippen molar-refractivity contribution in [3.05, 3.63) is 58.4 Å². The molecule has 3 rings (SSSR count). The van der Waals surface area contributed by atoms with Crippen molar-refractivity contribution in [2.45, 2.75) is 6.61 Å². The van der Waals surface area contributed by atoms with E-state index in [0.717, 1.165) is 13.1 Å². The van der Waals surface area contributed by atoms with Crippen LogP contribution in [-0.4, -0.2) is 57.0 Å². The maximum absolute atomic E-state index is 13.3. The van der Waals surface area contributed by atoms with Gasteiger partial charge in [0.05, 0.1) is 38.1 Å². The highest BCUT2D eigenvalue weighted by Crippen LogP contribution is 2.36. The van der Waals surface area contributed by atoms with E-state index in [1.807, 2.05) is 4.90 Å². The van der Waals surface area contributed by atoms with Crippen molar-refractivity contribution >= 4 is 23.7 Å². The van der Waals surface area contributed by atoms with Gasteiger partial charge in [-0.1, -0.05) is 23.7 Å². The first kappa shape index (κ1) is 22.0. The van der Waals surface area contributed by atoms with Crippen molar-refractivity contribution in [1.82, 2.24) is 10.3 Å². The zero-order valence-electron chi connectivity index (χ0n) is 16.6. The van der Waals surface area contributed by atoms with Crippen LogP contribution in [0.3, 0.4) is 0 Å². The molecule has 1 N–H and O–H groups in total. The molecule has 9 heteroatoms. The first-order chi connectivity index (χ1) is 14.5. The van der Waals surface area contributed by atoms with Gasteiger partial charge in [0.15, 0.2) is 11.5 Å². The van der Waals surface area contributed by atoms with E-state index in [-0.39, 0.29) is 24.9 Å². The Kier molecular flexibility index (Phi) is 8.01. The number of amides is 1. The molecule has 0 unspecified atom stereocenters. The molecule has 2 aromatic carbocycles. The van der Waals surface area contributed by atoms with Gasteiger partial charge in [-0.2, -0.15) is 5.10 Å². The van der Waals surface area contributed by atoms with E-state index in [2.05, 4.69) is 10.5 Å². The summed E-state index contributed by atoms with van der Waals surface area (Å²) in [5.41, 5.74) is 3.79. The van der Waals surface area contributed by atoms with E-state index < -0.39 is 0 Å². The fraction of sp³-hybridized carbons (Fsp3) is 0.333. The van der Waals surface area contributed by atoms with E-state index in [4.69, 9.17) is 25.8 Å². The number of ether oxygens (including phenoxy) is 3. The number of nitrogens with one attached hydrogen (secondary N) is 1. The van der Waals surface area contributed by atoms with Crippen molar-refractivity contribution in [2.75, 3.05) is 40.0 Å². The number of carbonyl (C=O) groups excluding carboxylic acids is 1. The Labute approximate surface area is 179 Å². The van der Waals surface area contributed by atoms with Gasteiger partial charge >= 0.3 is 0 Å². The van der Waals surface area contributed by atoms with Crippen LogP contribution in [0.1, 0.15) is 11.1 Å². The highest BCUT2D eigenvalue weighted by molar-refractivity contribution is 6.32. The number of hydrazone groups is 1. The molecule has 160 valence electrons. The standard InChI is InChI=1S/C21H23ClFN3O4/c1-28-19-11-16(12-24-25-20(27)13-26-5-7-29-8-6-26)10-18(22)21(19)30-14-15-3-2-4-17(23)9-15/h2-4,9-12H,5-8,13-14H2,1H3,(H,25,27). The number of carbonyl (C=O) groups is 1. The van der Waals surface area contributed by atoms with Gasteiger partial charge in [-0.25, -0.2) is 9.82 Å². The second-order valence-corrected chi connectivity index (χ2v) is 7.04. The molecule has 1 aliphatic rings. The minimum Gasteiger partial charge on any atom is -0.493 e. The van der Waals surface area contributed by atoms with Crippen molar-refractivity contribution in [3.63, 3.8) is 0 Å². The van der Waals surface area contributed by atoms with Crippen molar-refractivity contribution < 1.29 is 23.4 Å². The lowest BCUT2D eigenvalue weighted by molar-refractivity contribution is -0.123. The minimum atomic E-state index is -0.337. The number of hydrogen-bond acceptors (Lipinski definition) is 6. The van der Waals surface area contributed by atoms with Crippen LogP contribution in [0.4, 0.5) is 4.39 Å². The molecule has 0 saturated carbocycles. The third kappa shape index (κ3) is 6.41. The summed E-state index contributed by atoms with van der Waals surface area (Å²) < 4.78 is 29.7. The maximum Gasteiger partial charge on any atom is 0.254 e. The molecule has 1 saturated heterocycles. The first-order valence-electron chi connectivity index (χ1n) is 9.42. The monoisotopic (exact) mass is 435 g/mol. The Morgan fingerprint density at radius 2 is 2.13 bits per heavy atom. The van der Waals surface area contributed by atoms with Crippen LogP contribution in [0.25, 0.3) is 0 Å². The molecule has 0 bridgehead atoms. The van der Waals surface area contributed by atoms with Crippen LogP contribution >= 0.6 is 11.6 Å². The van der Waals surface area contributed by atoms with Crippen molar-refractivity contribution in [3.8, 4) is 11.5 Å². The smallest absolute Gasteiger partial charge is 0.254 e. The summed E-state index contributed by atoms with van der Waals surface area (Å²) in [7, 11) is 1.49. The molecule has 30 heavy (non-hydrogen) atoms. The normalized spacial score (nSPS) is 14.6. The summed E-state index contributed by atoms with van der Waals surface area (Å²) in [6, 6.07) is 9.45. The Bertz CT molecular complexity index is 904. The van der Waals surface area contributed by atoms with Crippen LogP contribution in [0.5, 0.6) is 11.5 Å². The van der Waals surface area contributed by atoms with E-state index in [1.165, 1.54) is 25.5 Å². The van der Waals surface area contributed by atoms with Gasteiger partial charge in [0, 0.05) is 13.1 Å². The Balaban J connectivity index is 1.59. The largest absolute Gasteiger partial charge is 0.493 e. The van der Waals surface area contributed by atoms with Gasteiger partial charge in [0.1, 0.15) is 12.4 Å². The fourth-order valence-corrected chi connectivity index (χ4v) is 3.19. The number of methoxy groups -OCH3 is 1. The second kappa shape index (κ2) is 10.9. The lowest BCUT2D eigenvalue weighted by atomic mass is 10.2. The van der Waals surface area contributed by atoms with Crippen molar-refractivity contribution in [2.24, 2.45) is 5.10 Å².